The van der Waals surface area contributed by atoms with Crippen LogP contribution in [0.25, 0.3) is 0 Å². The lowest BCUT2D eigenvalue weighted by Crippen LogP contribution is -2.53. The molecule has 0 bridgehead atoms. The van der Waals surface area contributed by atoms with Gasteiger partial charge in [-0.3, -0.25) is 4.79 Å². The van der Waals surface area contributed by atoms with Crippen molar-refractivity contribution in [1.29, 1.82) is 0 Å². The molecule has 3 unspecified atom stereocenters. The SMILES string of the molecule is CC(NC(=O)C1CCCCC1(C)N)c1ccc(Cl)s1. The first-order valence-corrected chi connectivity index (χ1v) is 7.94. The van der Waals surface area contributed by atoms with E-state index in [4.69, 9.17) is 17.3 Å². The van der Waals surface area contributed by atoms with Crippen molar-refractivity contribution in [2.24, 2.45) is 11.7 Å². The van der Waals surface area contributed by atoms with Gasteiger partial charge in [0, 0.05) is 10.4 Å². The van der Waals surface area contributed by atoms with Crippen molar-refractivity contribution in [3.63, 3.8) is 0 Å². The van der Waals surface area contributed by atoms with Gasteiger partial charge in [-0.2, -0.15) is 0 Å². The first-order valence-electron chi connectivity index (χ1n) is 6.74. The van der Waals surface area contributed by atoms with Crippen molar-refractivity contribution in [3.05, 3.63) is 21.3 Å². The van der Waals surface area contributed by atoms with E-state index in [9.17, 15) is 4.79 Å². The molecule has 3 nitrogen and oxygen atoms in total. The maximum absolute atomic E-state index is 12.4. The van der Waals surface area contributed by atoms with E-state index in [2.05, 4.69) is 5.32 Å². The molecule has 0 spiro atoms. The van der Waals surface area contributed by atoms with E-state index >= 15 is 0 Å². The molecule has 3 N–H and O–H groups in total. The first kappa shape index (κ1) is 14.8. The zero-order valence-electron chi connectivity index (χ0n) is 11.4. The van der Waals surface area contributed by atoms with Crippen LogP contribution in [0.3, 0.4) is 0 Å². The molecule has 0 aromatic carbocycles. The lowest BCUT2D eigenvalue weighted by Gasteiger charge is -2.37. The van der Waals surface area contributed by atoms with Gasteiger partial charge in [0.15, 0.2) is 0 Å². The molecule has 0 aliphatic heterocycles. The molecule has 1 aliphatic carbocycles. The Bertz CT molecular complexity index is 458. The molecule has 1 aromatic heterocycles. The van der Waals surface area contributed by atoms with E-state index in [0.29, 0.717) is 0 Å². The third-order valence-corrected chi connectivity index (χ3v) is 5.36. The summed E-state index contributed by atoms with van der Waals surface area (Å²) in [6, 6.07) is 3.81. The average molecular weight is 301 g/mol. The molecule has 1 aliphatic rings. The highest BCUT2D eigenvalue weighted by molar-refractivity contribution is 7.16. The lowest BCUT2D eigenvalue weighted by atomic mass is 9.74. The van der Waals surface area contributed by atoms with Crippen LogP contribution in [-0.2, 0) is 4.79 Å². The summed E-state index contributed by atoms with van der Waals surface area (Å²) in [7, 11) is 0. The van der Waals surface area contributed by atoms with Crippen LogP contribution in [0.1, 0.15) is 50.4 Å². The van der Waals surface area contributed by atoms with Crippen LogP contribution < -0.4 is 11.1 Å². The summed E-state index contributed by atoms with van der Waals surface area (Å²) in [5, 5.41) is 3.07. The minimum Gasteiger partial charge on any atom is -0.348 e. The summed E-state index contributed by atoms with van der Waals surface area (Å²) in [6.45, 7) is 3.97. The van der Waals surface area contributed by atoms with Gasteiger partial charge in [0.1, 0.15) is 0 Å². The van der Waals surface area contributed by atoms with Gasteiger partial charge in [0.05, 0.1) is 16.3 Å². The maximum atomic E-state index is 12.4. The van der Waals surface area contributed by atoms with E-state index in [1.165, 1.54) is 11.3 Å². The van der Waals surface area contributed by atoms with E-state index < -0.39 is 0 Å². The molecular weight excluding hydrogens is 280 g/mol. The van der Waals surface area contributed by atoms with Gasteiger partial charge in [0.25, 0.3) is 0 Å². The molecule has 1 aromatic rings. The fourth-order valence-electron chi connectivity index (χ4n) is 2.74. The zero-order chi connectivity index (χ0) is 14.0. The number of carbonyl (C=O) groups excluding carboxylic acids is 1. The summed E-state index contributed by atoms with van der Waals surface area (Å²) < 4.78 is 0.748. The summed E-state index contributed by atoms with van der Waals surface area (Å²) >= 11 is 7.42. The molecule has 1 heterocycles. The highest BCUT2D eigenvalue weighted by Crippen LogP contribution is 2.33. The van der Waals surface area contributed by atoms with Crippen molar-refractivity contribution < 1.29 is 4.79 Å². The number of carbonyl (C=O) groups is 1. The van der Waals surface area contributed by atoms with Crippen molar-refractivity contribution >= 4 is 28.8 Å². The van der Waals surface area contributed by atoms with Crippen LogP contribution in [0.4, 0.5) is 0 Å². The Morgan fingerprint density at radius 1 is 1.58 bits per heavy atom. The van der Waals surface area contributed by atoms with Gasteiger partial charge in [-0.25, -0.2) is 0 Å². The second-order valence-corrected chi connectivity index (χ2v) is 7.42. The van der Waals surface area contributed by atoms with Crippen molar-refractivity contribution in [2.75, 3.05) is 0 Å². The molecule has 1 fully saturated rings. The van der Waals surface area contributed by atoms with Gasteiger partial charge in [-0.1, -0.05) is 24.4 Å². The van der Waals surface area contributed by atoms with Gasteiger partial charge in [-0.05, 0) is 38.8 Å². The molecule has 0 radical (unpaired) electrons. The molecule has 2 rings (SSSR count). The minimum atomic E-state index is -0.380. The molecule has 3 atom stereocenters. The van der Waals surface area contributed by atoms with Gasteiger partial charge >= 0.3 is 0 Å². The number of hydrogen-bond donors (Lipinski definition) is 2. The largest absolute Gasteiger partial charge is 0.348 e. The van der Waals surface area contributed by atoms with E-state index in [-0.39, 0.29) is 23.4 Å². The first-order chi connectivity index (χ1) is 8.90. The Morgan fingerprint density at radius 2 is 2.32 bits per heavy atom. The molecular formula is C14H21ClN2OS. The van der Waals surface area contributed by atoms with Crippen LogP contribution in [0.15, 0.2) is 12.1 Å². The maximum Gasteiger partial charge on any atom is 0.225 e. The minimum absolute atomic E-state index is 0.0114. The number of thiophene rings is 1. The average Bonchev–Trinajstić information content (AvgIpc) is 2.75. The number of nitrogens with two attached hydrogens (primary N) is 1. The van der Waals surface area contributed by atoms with Crippen LogP contribution in [0.5, 0.6) is 0 Å². The molecule has 0 saturated heterocycles. The van der Waals surface area contributed by atoms with E-state index in [1.54, 1.807) is 0 Å². The number of halogens is 1. The Labute approximate surface area is 123 Å². The molecule has 5 heteroatoms. The van der Waals surface area contributed by atoms with Gasteiger partial charge in [-0.15, -0.1) is 11.3 Å². The molecule has 1 saturated carbocycles. The summed E-state index contributed by atoms with van der Waals surface area (Å²) in [6.07, 6.45) is 4.01. The van der Waals surface area contributed by atoms with Crippen LogP contribution in [0.2, 0.25) is 4.34 Å². The highest BCUT2D eigenvalue weighted by Gasteiger charge is 2.38. The van der Waals surface area contributed by atoms with Crippen molar-refractivity contribution in [2.45, 2.75) is 51.1 Å². The third kappa shape index (κ3) is 3.50. The predicted molar refractivity (Wildman–Crippen MR) is 80.4 cm³/mol. The smallest absolute Gasteiger partial charge is 0.225 e. The third-order valence-electron chi connectivity index (χ3n) is 3.95. The highest BCUT2D eigenvalue weighted by atomic mass is 35.5. The number of amides is 1. The predicted octanol–water partition coefficient (Wildman–Crippen LogP) is 3.49. The van der Waals surface area contributed by atoms with E-state index in [1.807, 2.05) is 26.0 Å². The van der Waals surface area contributed by atoms with Crippen LogP contribution in [-0.4, -0.2) is 11.4 Å². The quantitative estimate of drug-likeness (QED) is 0.898. The number of nitrogens with one attached hydrogen (secondary N) is 1. The summed E-state index contributed by atoms with van der Waals surface area (Å²) in [5.41, 5.74) is 5.88. The Balaban J connectivity index is 2.00. The lowest BCUT2D eigenvalue weighted by molar-refractivity contribution is -0.128. The number of hydrogen-bond acceptors (Lipinski definition) is 3. The summed E-state index contributed by atoms with van der Waals surface area (Å²) in [5.74, 6) is -0.0131. The number of rotatable bonds is 3. The standard InChI is InChI=1S/C14H21ClN2OS/c1-9(11-6-7-12(15)19-11)17-13(18)10-5-3-4-8-14(10,2)16/h6-7,9-10H,3-5,8,16H2,1-2H3,(H,17,18). The van der Waals surface area contributed by atoms with Crippen molar-refractivity contribution in [3.8, 4) is 0 Å². The second kappa shape index (κ2) is 5.81. The van der Waals surface area contributed by atoms with Crippen LogP contribution >= 0.6 is 22.9 Å². The molecule has 106 valence electrons. The molecule has 19 heavy (non-hydrogen) atoms. The summed E-state index contributed by atoms with van der Waals surface area (Å²) in [4.78, 5) is 13.5. The Hall–Kier alpha value is -0.580. The van der Waals surface area contributed by atoms with E-state index in [0.717, 1.165) is 34.9 Å². The van der Waals surface area contributed by atoms with Gasteiger partial charge in [0.2, 0.25) is 5.91 Å². The fraction of sp³-hybridized carbons (Fsp3) is 0.643. The van der Waals surface area contributed by atoms with Crippen molar-refractivity contribution in [1.82, 2.24) is 5.32 Å². The Morgan fingerprint density at radius 3 is 2.89 bits per heavy atom. The Kier molecular flexibility index (Phi) is 4.54. The molecule has 1 amide bonds. The van der Waals surface area contributed by atoms with Crippen LogP contribution in [0, 0.1) is 5.92 Å². The topological polar surface area (TPSA) is 55.1 Å². The zero-order valence-corrected chi connectivity index (χ0v) is 13.0. The van der Waals surface area contributed by atoms with Gasteiger partial charge < -0.3 is 11.1 Å². The fourth-order valence-corrected chi connectivity index (χ4v) is 3.80. The second-order valence-electron chi connectivity index (χ2n) is 5.68. The normalized spacial score (nSPS) is 28.9. The monoisotopic (exact) mass is 300 g/mol.